The molecule has 0 atom stereocenters. The Balaban J connectivity index is 2.42. The number of hydrogen-bond donors (Lipinski definition) is 0. The Hall–Kier alpha value is -1.59. The van der Waals surface area contributed by atoms with E-state index in [1.54, 1.807) is 9.80 Å². The van der Waals surface area contributed by atoms with Gasteiger partial charge in [-0.25, -0.2) is 4.79 Å². The summed E-state index contributed by atoms with van der Waals surface area (Å²) in [4.78, 5) is 36.7. The number of aldehydes is 1. The van der Waals surface area contributed by atoms with Crippen molar-refractivity contribution < 1.29 is 19.1 Å². The lowest BCUT2D eigenvalue weighted by molar-refractivity contribution is -0.134. The quantitative estimate of drug-likeness (QED) is 0.537. The van der Waals surface area contributed by atoms with Gasteiger partial charge in [-0.1, -0.05) is 0 Å². The van der Waals surface area contributed by atoms with Crippen molar-refractivity contribution in [1.82, 2.24) is 9.80 Å². The van der Waals surface area contributed by atoms with Crippen LogP contribution >= 0.6 is 0 Å². The number of ether oxygens (including phenoxy) is 1. The molecular weight excluding hydrogens is 236 g/mol. The van der Waals surface area contributed by atoms with E-state index in [-0.39, 0.29) is 18.4 Å². The van der Waals surface area contributed by atoms with Crippen molar-refractivity contribution in [2.75, 3.05) is 26.2 Å². The summed E-state index contributed by atoms with van der Waals surface area (Å²) in [6.45, 7) is 7.23. The van der Waals surface area contributed by atoms with E-state index in [2.05, 4.69) is 0 Å². The van der Waals surface area contributed by atoms with Crippen molar-refractivity contribution in [3.05, 3.63) is 0 Å². The van der Waals surface area contributed by atoms with Gasteiger partial charge >= 0.3 is 6.09 Å². The van der Waals surface area contributed by atoms with Crippen LogP contribution in [0, 0.1) is 0 Å². The number of hydrogen-bond acceptors (Lipinski definition) is 4. The average Bonchev–Trinajstić information content (AvgIpc) is 2.27. The molecule has 1 aliphatic rings. The topological polar surface area (TPSA) is 66.9 Å². The van der Waals surface area contributed by atoms with Gasteiger partial charge in [0.05, 0.1) is 6.42 Å². The molecule has 0 unspecified atom stereocenters. The van der Waals surface area contributed by atoms with Gasteiger partial charge < -0.3 is 19.3 Å². The Morgan fingerprint density at radius 3 is 2.06 bits per heavy atom. The molecule has 0 spiro atoms. The van der Waals surface area contributed by atoms with Crippen LogP contribution in [0.15, 0.2) is 0 Å². The molecule has 0 aromatic heterocycles. The van der Waals surface area contributed by atoms with E-state index >= 15 is 0 Å². The molecule has 1 rings (SSSR count). The fourth-order valence-electron chi connectivity index (χ4n) is 1.67. The maximum absolute atomic E-state index is 11.8. The summed E-state index contributed by atoms with van der Waals surface area (Å²) in [6, 6.07) is 0. The van der Waals surface area contributed by atoms with Crippen molar-refractivity contribution >= 4 is 18.3 Å². The van der Waals surface area contributed by atoms with Crippen molar-refractivity contribution in [3.63, 3.8) is 0 Å². The van der Waals surface area contributed by atoms with Crippen LogP contribution in [-0.2, 0) is 14.3 Å². The minimum atomic E-state index is -0.512. The Labute approximate surface area is 107 Å². The van der Waals surface area contributed by atoms with Crippen LogP contribution < -0.4 is 0 Å². The van der Waals surface area contributed by atoms with Gasteiger partial charge in [0, 0.05) is 26.2 Å². The standard InChI is InChI=1S/C12H20N2O4/c1-12(2,3)18-11(17)14-7-5-13(6-8-14)10(16)4-9-15/h9H,4-8H2,1-3H3. The lowest BCUT2D eigenvalue weighted by atomic mass is 10.2. The first-order valence-corrected chi connectivity index (χ1v) is 6.03. The monoisotopic (exact) mass is 256 g/mol. The van der Waals surface area contributed by atoms with E-state index in [9.17, 15) is 14.4 Å². The molecule has 102 valence electrons. The Morgan fingerprint density at radius 1 is 1.11 bits per heavy atom. The molecule has 0 saturated carbocycles. The number of amides is 2. The summed E-state index contributed by atoms with van der Waals surface area (Å²) < 4.78 is 5.25. The first-order valence-electron chi connectivity index (χ1n) is 6.03. The normalized spacial score (nSPS) is 16.4. The van der Waals surface area contributed by atoms with Gasteiger partial charge in [-0.2, -0.15) is 0 Å². The molecule has 0 aromatic rings. The molecule has 1 aliphatic heterocycles. The summed E-state index contributed by atoms with van der Waals surface area (Å²) in [7, 11) is 0. The molecule has 0 bridgehead atoms. The number of piperazine rings is 1. The molecule has 6 heteroatoms. The molecule has 2 amide bonds. The van der Waals surface area contributed by atoms with Crippen LogP contribution in [0.1, 0.15) is 27.2 Å². The second-order valence-corrected chi connectivity index (χ2v) is 5.22. The number of nitrogens with zero attached hydrogens (tertiary/aromatic N) is 2. The van der Waals surface area contributed by atoms with E-state index in [0.717, 1.165) is 0 Å². The Kier molecular flexibility index (Phi) is 4.69. The third kappa shape index (κ3) is 4.35. The smallest absolute Gasteiger partial charge is 0.410 e. The summed E-state index contributed by atoms with van der Waals surface area (Å²) >= 11 is 0. The highest BCUT2D eigenvalue weighted by Gasteiger charge is 2.27. The number of carbonyl (C=O) groups excluding carboxylic acids is 3. The van der Waals surface area contributed by atoms with Gasteiger partial charge in [0.25, 0.3) is 0 Å². The zero-order valence-corrected chi connectivity index (χ0v) is 11.1. The molecule has 0 aromatic carbocycles. The van der Waals surface area contributed by atoms with Crippen LogP contribution in [0.25, 0.3) is 0 Å². The molecule has 1 saturated heterocycles. The first kappa shape index (κ1) is 14.5. The SMILES string of the molecule is CC(C)(C)OC(=O)N1CCN(C(=O)CC=O)CC1. The van der Waals surface area contributed by atoms with Crippen LogP contribution in [0.4, 0.5) is 4.79 Å². The lowest BCUT2D eigenvalue weighted by Crippen LogP contribution is -2.51. The Morgan fingerprint density at radius 2 is 1.61 bits per heavy atom. The van der Waals surface area contributed by atoms with E-state index in [1.807, 2.05) is 20.8 Å². The third-order valence-electron chi connectivity index (χ3n) is 2.54. The van der Waals surface area contributed by atoms with Gasteiger partial charge in [-0.3, -0.25) is 4.79 Å². The zero-order valence-electron chi connectivity index (χ0n) is 11.1. The molecule has 6 nitrogen and oxygen atoms in total. The predicted molar refractivity (Wildman–Crippen MR) is 65.1 cm³/mol. The molecular formula is C12H20N2O4. The molecule has 1 heterocycles. The summed E-state index contributed by atoms with van der Waals surface area (Å²) in [6.07, 6.45) is 0.152. The van der Waals surface area contributed by atoms with Crippen molar-refractivity contribution in [2.45, 2.75) is 32.8 Å². The van der Waals surface area contributed by atoms with E-state index in [1.165, 1.54) is 0 Å². The van der Waals surface area contributed by atoms with Gasteiger partial charge in [-0.05, 0) is 20.8 Å². The fourth-order valence-corrected chi connectivity index (χ4v) is 1.67. The van der Waals surface area contributed by atoms with Crippen LogP contribution in [0.5, 0.6) is 0 Å². The minimum absolute atomic E-state index is 0.0908. The fraction of sp³-hybridized carbons (Fsp3) is 0.750. The second kappa shape index (κ2) is 5.84. The highest BCUT2D eigenvalue weighted by Crippen LogP contribution is 2.12. The number of carbonyl (C=O) groups is 3. The van der Waals surface area contributed by atoms with E-state index in [4.69, 9.17) is 4.74 Å². The van der Waals surface area contributed by atoms with Crippen molar-refractivity contribution in [1.29, 1.82) is 0 Å². The first-order chi connectivity index (χ1) is 8.33. The van der Waals surface area contributed by atoms with Gasteiger partial charge in [-0.15, -0.1) is 0 Å². The molecule has 0 radical (unpaired) electrons. The Bertz CT molecular complexity index is 327. The zero-order chi connectivity index (χ0) is 13.8. The predicted octanol–water partition coefficient (Wildman–Crippen LogP) is 0.655. The molecule has 18 heavy (non-hydrogen) atoms. The summed E-state index contributed by atoms with van der Waals surface area (Å²) in [5.74, 6) is -0.186. The van der Waals surface area contributed by atoms with Crippen molar-refractivity contribution in [2.24, 2.45) is 0 Å². The van der Waals surface area contributed by atoms with Gasteiger partial charge in [0.1, 0.15) is 11.9 Å². The molecule has 1 fully saturated rings. The van der Waals surface area contributed by atoms with Crippen LogP contribution in [0.2, 0.25) is 0 Å². The van der Waals surface area contributed by atoms with Gasteiger partial charge in [0.15, 0.2) is 0 Å². The molecule has 0 N–H and O–H groups in total. The minimum Gasteiger partial charge on any atom is -0.444 e. The number of rotatable bonds is 2. The largest absolute Gasteiger partial charge is 0.444 e. The van der Waals surface area contributed by atoms with E-state index in [0.29, 0.717) is 32.5 Å². The van der Waals surface area contributed by atoms with Crippen LogP contribution in [-0.4, -0.2) is 59.9 Å². The maximum atomic E-state index is 11.8. The second-order valence-electron chi connectivity index (χ2n) is 5.22. The maximum Gasteiger partial charge on any atom is 0.410 e. The highest BCUT2D eigenvalue weighted by atomic mass is 16.6. The van der Waals surface area contributed by atoms with E-state index < -0.39 is 5.60 Å². The summed E-state index contributed by atoms with van der Waals surface area (Å²) in [5.41, 5.74) is -0.512. The molecule has 0 aliphatic carbocycles. The third-order valence-corrected chi connectivity index (χ3v) is 2.54. The summed E-state index contributed by atoms with van der Waals surface area (Å²) in [5, 5.41) is 0. The lowest BCUT2D eigenvalue weighted by Gasteiger charge is -2.35. The van der Waals surface area contributed by atoms with Crippen molar-refractivity contribution in [3.8, 4) is 0 Å². The van der Waals surface area contributed by atoms with Gasteiger partial charge in [0.2, 0.25) is 5.91 Å². The highest BCUT2D eigenvalue weighted by molar-refractivity contribution is 5.88. The van der Waals surface area contributed by atoms with Crippen LogP contribution in [0.3, 0.4) is 0 Å². The average molecular weight is 256 g/mol.